The van der Waals surface area contributed by atoms with Gasteiger partial charge in [-0.15, -0.1) is 0 Å². The zero-order valence-corrected chi connectivity index (χ0v) is 12.1. The highest BCUT2D eigenvalue weighted by Crippen LogP contribution is 2.22. The number of carbonyl (C=O) groups is 2. The van der Waals surface area contributed by atoms with Crippen LogP contribution in [0.4, 0.5) is 4.39 Å². The molecule has 1 aromatic carbocycles. The van der Waals surface area contributed by atoms with Gasteiger partial charge in [-0.05, 0) is 19.9 Å². The van der Waals surface area contributed by atoms with Crippen molar-refractivity contribution in [3.05, 3.63) is 34.6 Å². The Morgan fingerprint density at radius 2 is 2.10 bits per heavy atom. The van der Waals surface area contributed by atoms with Crippen molar-refractivity contribution >= 4 is 23.4 Å². The van der Waals surface area contributed by atoms with Crippen LogP contribution in [0.1, 0.15) is 25.8 Å². The fraction of sp³-hybridized carbons (Fsp3) is 0.429. The van der Waals surface area contributed by atoms with Crippen LogP contribution in [0.15, 0.2) is 18.2 Å². The van der Waals surface area contributed by atoms with Crippen LogP contribution in [0.2, 0.25) is 5.02 Å². The topological polar surface area (TPSA) is 49.4 Å². The van der Waals surface area contributed by atoms with Gasteiger partial charge in [0.05, 0.1) is 5.02 Å². The van der Waals surface area contributed by atoms with E-state index in [-0.39, 0.29) is 35.8 Å². The third-order valence-corrected chi connectivity index (χ3v) is 3.71. The molecule has 0 aromatic heterocycles. The van der Waals surface area contributed by atoms with Crippen molar-refractivity contribution in [2.75, 3.05) is 0 Å². The molecule has 1 aromatic rings. The van der Waals surface area contributed by atoms with E-state index < -0.39 is 11.9 Å². The third-order valence-electron chi connectivity index (χ3n) is 3.42. The maximum absolute atomic E-state index is 13.9. The van der Waals surface area contributed by atoms with E-state index in [4.69, 9.17) is 11.6 Å². The first kappa shape index (κ1) is 14.8. The summed E-state index contributed by atoms with van der Waals surface area (Å²) in [6.07, 6.45) is 0.207. The SMILES string of the molecule is CC1NC(=O)CC(C)N(Cc2cccc(Cl)c2F)C1=O. The van der Waals surface area contributed by atoms with Gasteiger partial charge in [0.1, 0.15) is 11.9 Å². The molecular weight excluding hydrogens is 283 g/mol. The number of hydrogen-bond donors (Lipinski definition) is 1. The molecule has 2 atom stereocenters. The minimum Gasteiger partial charge on any atom is -0.345 e. The maximum Gasteiger partial charge on any atom is 0.245 e. The average Bonchev–Trinajstić information content (AvgIpc) is 2.46. The number of carbonyl (C=O) groups excluding carboxylic acids is 2. The molecule has 2 rings (SSSR count). The van der Waals surface area contributed by atoms with Crippen molar-refractivity contribution in [2.45, 2.75) is 38.9 Å². The Morgan fingerprint density at radius 3 is 2.80 bits per heavy atom. The number of nitrogens with zero attached hydrogens (tertiary/aromatic N) is 1. The minimum atomic E-state index is -0.602. The number of nitrogens with one attached hydrogen (secondary N) is 1. The van der Waals surface area contributed by atoms with Crippen LogP contribution in [0.5, 0.6) is 0 Å². The molecule has 2 amide bonds. The summed E-state index contributed by atoms with van der Waals surface area (Å²) in [5.41, 5.74) is 0.347. The first-order chi connectivity index (χ1) is 9.40. The lowest BCUT2D eigenvalue weighted by Gasteiger charge is -2.28. The van der Waals surface area contributed by atoms with Gasteiger partial charge in [0, 0.05) is 24.6 Å². The van der Waals surface area contributed by atoms with Crippen molar-refractivity contribution in [3.63, 3.8) is 0 Å². The van der Waals surface area contributed by atoms with Crippen molar-refractivity contribution in [1.29, 1.82) is 0 Å². The third kappa shape index (κ3) is 2.93. The molecule has 108 valence electrons. The van der Waals surface area contributed by atoms with E-state index in [2.05, 4.69) is 5.32 Å². The lowest BCUT2D eigenvalue weighted by atomic mass is 10.1. The van der Waals surface area contributed by atoms with Crippen molar-refractivity contribution in [1.82, 2.24) is 10.2 Å². The fourth-order valence-corrected chi connectivity index (χ4v) is 2.49. The fourth-order valence-electron chi connectivity index (χ4n) is 2.29. The molecule has 1 saturated heterocycles. The molecular formula is C14H16ClFN2O2. The Bertz CT molecular complexity index is 550. The van der Waals surface area contributed by atoms with Crippen molar-refractivity contribution in [3.8, 4) is 0 Å². The highest BCUT2D eigenvalue weighted by molar-refractivity contribution is 6.30. The standard InChI is InChI=1S/C14H16ClFN2O2/c1-8-6-12(19)17-9(2)14(20)18(8)7-10-4-3-5-11(15)13(10)16/h3-5,8-9H,6-7H2,1-2H3,(H,17,19). The highest BCUT2D eigenvalue weighted by atomic mass is 35.5. The van der Waals surface area contributed by atoms with E-state index >= 15 is 0 Å². The van der Waals surface area contributed by atoms with Crippen LogP contribution in [0.3, 0.4) is 0 Å². The average molecular weight is 299 g/mol. The summed E-state index contributed by atoms with van der Waals surface area (Å²) in [6.45, 7) is 3.50. The Labute approximate surface area is 121 Å². The molecule has 4 nitrogen and oxygen atoms in total. The lowest BCUT2D eigenvalue weighted by Crippen LogP contribution is -2.44. The predicted octanol–water partition coefficient (Wildman–Crippen LogP) is 2.10. The summed E-state index contributed by atoms with van der Waals surface area (Å²) in [6, 6.07) is 3.80. The van der Waals surface area contributed by atoms with Crippen LogP contribution in [0, 0.1) is 5.82 Å². The van der Waals surface area contributed by atoms with E-state index in [9.17, 15) is 14.0 Å². The second kappa shape index (κ2) is 5.79. The first-order valence-corrected chi connectivity index (χ1v) is 6.80. The number of benzene rings is 1. The van der Waals surface area contributed by atoms with Gasteiger partial charge in [0.15, 0.2) is 0 Å². The molecule has 0 aliphatic carbocycles. The van der Waals surface area contributed by atoms with Crippen LogP contribution in [-0.2, 0) is 16.1 Å². The van der Waals surface area contributed by atoms with E-state index in [1.807, 2.05) is 0 Å². The van der Waals surface area contributed by atoms with Gasteiger partial charge < -0.3 is 10.2 Å². The molecule has 0 radical (unpaired) electrons. The molecule has 20 heavy (non-hydrogen) atoms. The summed E-state index contributed by atoms with van der Waals surface area (Å²) in [5, 5.41) is 2.64. The van der Waals surface area contributed by atoms with Gasteiger partial charge in [0.25, 0.3) is 0 Å². The van der Waals surface area contributed by atoms with Gasteiger partial charge in [-0.25, -0.2) is 4.39 Å². The molecule has 0 bridgehead atoms. The van der Waals surface area contributed by atoms with Crippen molar-refractivity contribution < 1.29 is 14.0 Å². The van der Waals surface area contributed by atoms with Crippen LogP contribution < -0.4 is 5.32 Å². The Kier molecular flexibility index (Phi) is 4.28. The molecule has 1 aliphatic rings. The molecule has 1 aliphatic heterocycles. The molecule has 1 N–H and O–H groups in total. The smallest absolute Gasteiger partial charge is 0.245 e. The largest absolute Gasteiger partial charge is 0.345 e. The predicted molar refractivity (Wildman–Crippen MR) is 73.6 cm³/mol. The summed E-state index contributed by atoms with van der Waals surface area (Å²) >= 11 is 5.74. The van der Waals surface area contributed by atoms with Gasteiger partial charge in [0.2, 0.25) is 11.8 Å². The molecule has 1 fully saturated rings. The molecule has 6 heteroatoms. The summed E-state index contributed by atoms with van der Waals surface area (Å²) in [5.74, 6) is -0.916. The normalized spacial score (nSPS) is 23.5. The maximum atomic E-state index is 13.9. The van der Waals surface area contributed by atoms with Crippen LogP contribution in [0.25, 0.3) is 0 Å². The number of amides is 2. The zero-order chi connectivity index (χ0) is 14.9. The Hall–Kier alpha value is -1.62. The van der Waals surface area contributed by atoms with Gasteiger partial charge >= 0.3 is 0 Å². The second-order valence-electron chi connectivity index (χ2n) is 5.02. The number of rotatable bonds is 2. The van der Waals surface area contributed by atoms with Crippen LogP contribution in [-0.4, -0.2) is 28.8 Å². The minimum absolute atomic E-state index is 0.0275. The van der Waals surface area contributed by atoms with E-state index in [1.165, 1.54) is 11.0 Å². The summed E-state index contributed by atoms with van der Waals surface area (Å²) in [4.78, 5) is 25.4. The van der Waals surface area contributed by atoms with E-state index in [0.29, 0.717) is 5.56 Å². The molecule has 2 unspecified atom stereocenters. The van der Waals surface area contributed by atoms with Gasteiger partial charge in [-0.1, -0.05) is 23.7 Å². The number of hydrogen-bond acceptors (Lipinski definition) is 2. The monoisotopic (exact) mass is 298 g/mol. The quantitative estimate of drug-likeness (QED) is 0.909. The van der Waals surface area contributed by atoms with Crippen LogP contribution >= 0.6 is 11.6 Å². The summed E-state index contributed by atoms with van der Waals surface area (Å²) in [7, 11) is 0. The van der Waals surface area contributed by atoms with E-state index in [1.54, 1.807) is 26.0 Å². The lowest BCUT2D eigenvalue weighted by molar-refractivity contribution is -0.135. The Balaban J connectivity index is 2.27. The first-order valence-electron chi connectivity index (χ1n) is 6.43. The van der Waals surface area contributed by atoms with Crippen molar-refractivity contribution in [2.24, 2.45) is 0 Å². The summed E-state index contributed by atoms with van der Waals surface area (Å²) < 4.78 is 13.9. The van der Waals surface area contributed by atoms with Gasteiger partial charge in [-0.2, -0.15) is 0 Å². The molecule has 1 heterocycles. The number of halogens is 2. The Morgan fingerprint density at radius 1 is 1.40 bits per heavy atom. The molecule has 0 saturated carbocycles. The second-order valence-corrected chi connectivity index (χ2v) is 5.43. The van der Waals surface area contributed by atoms with Gasteiger partial charge in [-0.3, -0.25) is 9.59 Å². The highest BCUT2D eigenvalue weighted by Gasteiger charge is 2.31. The molecule has 0 spiro atoms. The zero-order valence-electron chi connectivity index (χ0n) is 11.3. The van der Waals surface area contributed by atoms with E-state index in [0.717, 1.165) is 0 Å².